The molecule has 0 saturated heterocycles. The Morgan fingerprint density at radius 3 is 1.22 bits per heavy atom. The maximum Gasteiger partial charge on any atom is 0.449 e. The largest absolute Gasteiger partial charge is 0.452 e. The van der Waals surface area contributed by atoms with Crippen molar-refractivity contribution in [2.24, 2.45) is 0 Å². The second-order valence-electron chi connectivity index (χ2n) is 9.05. The number of carbonyl (C=O) groups excluding carboxylic acids is 4. The number of rotatable bonds is 11. The van der Waals surface area contributed by atoms with Crippen LogP contribution in [0.4, 0.5) is 0 Å². The molecule has 0 amide bonds. The van der Waals surface area contributed by atoms with E-state index in [0.717, 1.165) is 0 Å². The average Bonchev–Trinajstić information content (AvgIpc) is 2.88. The summed E-state index contributed by atoms with van der Waals surface area (Å²) in [4.78, 5) is 66.7. The minimum atomic E-state index is -1.29. The fraction of sp³-hybridized carbons (Fsp3) is 0.385. The molecule has 0 aliphatic rings. The zero-order valence-electron chi connectivity index (χ0n) is 20.7. The minimum Gasteiger partial charge on any atom is -0.452 e. The van der Waals surface area contributed by atoms with E-state index in [9.17, 15) is 19.2 Å². The van der Waals surface area contributed by atoms with Crippen LogP contribution in [0.25, 0.3) is 0 Å². The van der Waals surface area contributed by atoms with Gasteiger partial charge in [-0.2, -0.15) is 9.78 Å². The van der Waals surface area contributed by atoms with Gasteiger partial charge in [-0.1, -0.05) is 60.7 Å². The molecule has 0 spiro atoms. The van der Waals surface area contributed by atoms with Crippen molar-refractivity contribution >= 4 is 23.9 Å². The van der Waals surface area contributed by atoms with Crippen LogP contribution < -0.4 is 0 Å². The quantitative estimate of drug-likeness (QED) is 0.194. The summed E-state index contributed by atoms with van der Waals surface area (Å²) in [6.45, 7) is 6.33. The molecule has 194 valence electrons. The summed E-state index contributed by atoms with van der Waals surface area (Å²) in [6.07, 6.45) is 0.532. The van der Waals surface area contributed by atoms with E-state index in [-0.39, 0.29) is 26.1 Å². The monoisotopic (exact) mass is 502 g/mol. The van der Waals surface area contributed by atoms with E-state index in [1.807, 2.05) is 12.1 Å². The van der Waals surface area contributed by atoms with Gasteiger partial charge in [0.1, 0.15) is 24.4 Å². The highest BCUT2D eigenvalue weighted by atomic mass is 17.2. The molecule has 10 nitrogen and oxygen atoms in total. The highest BCUT2D eigenvalue weighted by molar-refractivity contribution is 6.29. The number of carbonyl (C=O) groups is 4. The molecule has 0 unspecified atom stereocenters. The van der Waals surface area contributed by atoms with Gasteiger partial charge in [0.2, 0.25) is 0 Å². The molecule has 0 radical (unpaired) electrons. The van der Waals surface area contributed by atoms with Crippen LogP contribution in [-0.2, 0) is 61.4 Å². The van der Waals surface area contributed by atoms with Gasteiger partial charge in [0, 0.05) is 0 Å². The first-order chi connectivity index (χ1) is 17.0. The third-order valence-corrected chi connectivity index (χ3v) is 4.77. The summed E-state index contributed by atoms with van der Waals surface area (Å²) in [7, 11) is 0. The Morgan fingerprint density at radius 2 is 0.889 bits per heavy atom. The van der Waals surface area contributed by atoms with Crippen molar-refractivity contribution < 1.29 is 48.2 Å². The Morgan fingerprint density at radius 1 is 0.556 bits per heavy atom. The van der Waals surface area contributed by atoms with E-state index in [1.54, 1.807) is 76.2 Å². The second-order valence-corrected chi connectivity index (χ2v) is 9.05. The summed E-state index contributed by atoms with van der Waals surface area (Å²) in [5.74, 6) is -4.97. The van der Waals surface area contributed by atoms with Crippen LogP contribution in [0.15, 0.2) is 60.7 Å². The molecule has 0 atom stereocenters. The normalized spacial score (nSPS) is 11.3. The summed E-state index contributed by atoms with van der Waals surface area (Å²) in [5, 5.41) is 0. The van der Waals surface area contributed by atoms with E-state index in [0.29, 0.717) is 11.1 Å². The van der Waals surface area contributed by atoms with E-state index in [2.05, 4.69) is 9.78 Å². The number of hydrogen-bond donors (Lipinski definition) is 0. The molecule has 2 rings (SSSR count). The Balaban J connectivity index is 1.69. The van der Waals surface area contributed by atoms with Crippen LogP contribution in [0.1, 0.15) is 51.7 Å². The maximum absolute atomic E-state index is 11.8. The van der Waals surface area contributed by atoms with Crippen LogP contribution >= 0.6 is 0 Å². The fourth-order valence-electron chi connectivity index (χ4n) is 2.62. The van der Waals surface area contributed by atoms with Crippen molar-refractivity contribution in [3.05, 3.63) is 71.8 Å². The Kier molecular flexibility index (Phi) is 10.6. The lowest BCUT2D eigenvalue weighted by Gasteiger charge is -2.28. The molecule has 2 aromatic carbocycles. The average molecular weight is 503 g/mol. The molecule has 0 N–H and O–H groups in total. The Hall–Kier alpha value is -3.76. The van der Waals surface area contributed by atoms with Gasteiger partial charge in [0.25, 0.3) is 0 Å². The minimum absolute atomic E-state index is 0.0811. The van der Waals surface area contributed by atoms with Crippen molar-refractivity contribution in [1.82, 2.24) is 0 Å². The number of esters is 2. The van der Waals surface area contributed by atoms with Crippen LogP contribution in [0.2, 0.25) is 0 Å². The summed E-state index contributed by atoms with van der Waals surface area (Å²) < 4.78 is 9.77. The highest BCUT2D eigenvalue weighted by Gasteiger charge is 2.32. The van der Waals surface area contributed by atoms with E-state index < -0.39 is 35.1 Å². The predicted molar refractivity (Wildman–Crippen MR) is 124 cm³/mol. The first-order valence-corrected chi connectivity index (χ1v) is 11.2. The summed E-state index contributed by atoms with van der Waals surface area (Å²) in [6, 6.07) is 17.7. The second kappa shape index (κ2) is 13.4. The number of hydrogen-bond acceptors (Lipinski definition) is 10. The van der Waals surface area contributed by atoms with Gasteiger partial charge in [-0.05, 0) is 51.7 Å². The molecule has 0 bridgehead atoms. The molecule has 0 aromatic heterocycles. The summed E-state index contributed by atoms with van der Waals surface area (Å²) in [5.41, 5.74) is -0.608. The molecule has 0 aliphatic carbocycles. The lowest BCUT2D eigenvalue weighted by molar-refractivity contribution is -0.339. The van der Waals surface area contributed by atoms with Crippen LogP contribution in [0.5, 0.6) is 0 Å². The number of benzene rings is 2. The zero-order chi connectivity index (χ0) is 26.6. The summed E-state index contributed by atoms with van der Waals surface area (Å²) >= 11 is 0. The van der Waals surface area contributed by atoms with Crippen molar-refractivity contribution in [3.63, 3.8) is 0 Å². The van der Waals surface area contributed by atoms with Crippen LogP contribution in [0.3, 0.4) is 0 Å². The van der Waals surface area contributed by atoms with E-state index >= 15 is 0 Å². The zero-order valence-corrected chi connectivity index (χ0v) is 20.7. The maximum atomic E-state index is 11.8. The third-order valence-electron chi connectivity index (χ3n) is 4.77. The molecule has 0 aliphatic heterocycles. The molecule has 0 saturated carbocycles. The third kappa shape index (κ3) is 10.7. The lowest BCUT2D eigenvalue weighted by Crippen LogP contribution is -2.34. The van der Waals surface area contributed by atoms with Gasteiger partial charge >= 0.3 is 23.9 Å². The first-order valence-electron chi connectivity index (χ1n) is 11.2. The molecule has 0 heterocycles. The van der Waals surface area contributed by atoms with Gasteiger partial charge in [-0.3, -0.25) is 9.78 Å². The first kappa shape index (κ1) is 28.5. The smallest absolute Gasteiger partial charge is 0.449 e. The molecule has 0 fully saturated rings. The Labute approximate surface area is 209 Å². The molecular weight excluding hydrogens is 472 g/mol. The SMILES string of the molecule is CC(C)(CCC(C)(C)OOC(=O)C(=O)OCc1ccccc1)OOC(=O)C(=O)OCc1ccccc1. The van der Waals surface area contributed by atoms with Gasteiger partial charge in [0.05, 0.1) is 0 Å². The topological polar surface area (TPSA) is 124 Å². The van der Waals surface area contributed by atoms with E-state index in [1.165, 1.54) is 0 Å². The molecule has 10 heteroatoms. The van der Waals surface area contributed by atoms with Crippen molar-refractivity contribution in [2.75, 3.05) is 0 Å². The molecular formula is C26H30O10. The van der Waals surface area contributed by atoms with Crippen LogP contribution in [0, 0.1) is 0 Å². The standard InChI is InChI=1S/C26H30O10/c1-25(2,35-33-23(29)21(27)31-17-19-11-7-5-8-12-19)15-16-26(3,4)36-34-24(30)22(28)32-18-20-13-9-6-10-14-20/h5-14H,15-18H2,1-4H3. The van der Waals surface area contributed by atoms with Gasteiger partial charge in [0.15, 0.2) is 0 Å². The Bertz CT molecular complexity index is 932. The van der Waals surface area contributed by atoms with E-state index in [4.69, 9.17) is 19.2 Å². The molecule has 36 heavy (non-hydrogen) atoms. The van der Waals surface area contributed by atoms with Crippen molar-refractivity contribution in [1.29, 1.82) is 0 Å². The van der Waals surface area contributed by atoms with Gasteiger partial charge in [-0.25, -0.2) is 19.2 Å². The molecule has 2 aromatic rings. The van der Waals surface area contributed by atoms with Gasteiger partial charge < -0.3 is 9.47 Å². The van der Waals surface area contributed by atoms with Crippen molar-refractivity contribution in [3.8, 4) is 0 Å². The van der Waals surface area contributed by atoms with Crippen molar-refractivity contribution in [2.45, 2.75) is 65.0 Å². The number of ether oxygens (including phenoxy) is 2. The predicted octanol–water partition coefficient (Wildman–Crippen LogP) is 3.76. The fourth-order valence-corrected chi connectivity index (χ4v) is 2.62. The lowest BCUT2D eigenvalue weighted by atomic mass is 9.94. The van der Waals surface area contributed by atoms with Gasteiger partial charge in [-0.15, -0.1) is 0 Å². The highest BCUT2D eigenvalue weighted by Crippen LogP contribution is 2.25. The van der Waals surface area contributed by atoms with Crippen LogP contribution in [-0.4, -0.2) is 35.1 Å².